The number of nitrogens with zero attached hydrogens (tertiary/aromatic N) is 21. The summed E-state index contributed by atoms with van der Waals surface area (Å²) < 4.78 is 10.7. The number of hydrogen-bond donors (Lipinski definition) is 9. The molecular formula is C96H86Cl2N30O4. The maximum atomic E-state index is 14.0. The van der Waals surface area contributed by atoms with Crippen molar-refractivity contribution in [3.05, 3.63) is 329 Å². The van der Waals surface area contributed by atoms with Gasteiger partial charge < -0.3 is 47.3 Å². The Bertz CT molecular complexity index is 7960. The van der Waals surface area contributed by atoms with Gasteiger partial charge in [-0.3, -0.25) is 43.1 Å². The van der Waals surface area contributed by atoms with Crippen molar-refractivity contribution in [3.63, 3.8) is 0 Å². The van der Waals surface area contributed by atoms with Crippen LogP contribution in [0, 0.1) is 20.8 Å². The minimum Gasteiger partial charge on any atom is -0.383 e. The number of fused-ring (bicyclic) bond motifs is 8. The normalized spacial score (nSPS) is 12.9. The average molecular weight is 1790 g/mol. The highest BCUT2D eigenvalue weighted by Crippen LogP contribution is 2.37. The van der Waals surface area contributed by atoms with E-state index in [1.54, 1.807) is 55.6 Å². The summed E-state index contributed by atoms with van der Waals surface area (Å²) in [5.74, 6) is 1.86. The first-order valence-electron chi connectivity index (χ1n) is 42.7. The lowest BCUT2D eigenvalue weighted by atomic mass is 10.0. The second-order valence-electron chi connectivity index (χ2n) is 32.1. The number of pyridine rings is 4. The Hall–Kier alpha value is -16.5. The van der Waals surface area contributed by atoms with Gasteiger partial charge in [-0.05, 0) is 171 Å². The van der Waals surface area contributed by atoms with Gasteiger partial charge in [0.2, 0.25) is 11.2 Å². The lowest BCUT2D eigenvalue weighted by molar-refractivity contribution is 0.191. The number of para-hydroxylation sites is 3. The summed E-state index contributed by atoms with van der Waals surface area (Å²) in [4.78, 5) is 106. The third-order valence-electron chi connectivity index (χ3n) is 23.9. The van der Waals surface area contributed by atoms with Crippen molar-refractivity contribution in [1.29, 1.82) is 0 Å². The van der Waals surface area contributed by atoms with Crippen molar-refractivity contribution in [3.8, 4) is 39.6 Å². The number of aromatic amines is 4. The van der Waals surface area contributed by atoms with E-state index in [0.29, 0.717) is 113 Å². The van der Waals surface area contributed by atoms with Crippen molar-refractivity contribution >= 4 is 140 Å². The van der Waals surface area contributed by atoms with Crippen LogP contribution >= 0.6 is 23.2 Å². The molecule has 1 aliphatic rings. The molecule has 2 atom stereocenters. The molecule has 0 unspecified atom stereocenters. The van der Waals surface area contributed by atoms with E-state index in [2.05, 4.69) is 109 Å². The van der Waals surface area contributed by atoms with E-state index in [4.69, 9.17) is 50.6 Å². The zero-order valence-electron chi connectivity index (χ0n) is 72.2. The van der Waals surface area contributed by atoms with Gasteiger partial charge in [0.25, 0.3) is 22.2 Å². The number of halogens is 2. The molecule has 1 aliphatic heterocycles. The van der Waals surface area contributed by atoms with Crippen molar-refractivity contribution in [2.24, 2.45) is 0 Å². The van der Waals surface area contributed by atoms with Crippen molar-refractivity contribution < 1.29 is 0 Å². The largest absolute Gasteiger partial charge is 0.383 e. The maximum Gasteiger partial charge on any atom is 0.264 e. The van der Waals surface area contributed by atoms with E-state index in [-0.39, 0.29) is 51.6 Å². The molecule has 0 spiro atoms. The summed E-state index contributed by atoms with van der Waals surface area (Å²) in [5, 5.41) is 38.2. The molecule has 1 fully saturated rings. The van der Waals surface area contributed by atoms with Crippen LogP contribution in [0.3, 0.4) is 0 Å². The van der Waals surface area contributed by atoms with Crippen LogP contribution in [-0.2, 0) is 13.1 Å². The second kappa shape index (κ2) is 36.0. The number of hydrogen-bond acceptors (Lipinski definition) is 24. The molecular weight excluding hydrogens is 1710 g/mol. The Labute approximate surface area is 760 Å². The van der Waals surface area contributed by atoms with Gasteiger partial charge >= 0.3 is 0 Å². The Morgan fingerprint density at radius 3 is 1.39 bits per heavy atom. The SMILES string of the molecule is CCN1CCC(n2c(Cn3nc(-c4cn[nH]c4)c4c(N)ncnc43)cc3cccc(C)c3c2=O)CC1.C[C@H](Nc1nc(Cl)nc2nc[nH]c12)c1cc2cccc(Cl)c2c(=O)n1-c1ccccc1.Cc1cccc2cc(Cn3nc(-c4cn[nH]c4)c4c(N)ncnc43)n(-c3ccccc3)c(=O)c12.Cc1cccc2cc([C@H](C)Nc3nc(N)nc4nc[nH]c34)n(-c3ccccc3)c(=O)c12. The van der Waals surface area contributed by atoms with Gasteiger partial charge in [0.05, 0.1) is 87.6 Å². The molecule has 22 rings (SSSR count). The van der Waals surface area contributed by atoms with E-state index in [1.807, 2.05) is 220 Å². The minimum atomic E-state index is -0.311. The van der Waals surface area contributed by atoms with E-state index in [1.165, 1.54) is 19.0 Å². The summed E-state index contributed by atoms with van der Waals surface area (Å²) >= 11 is 12.5. The molecule has 0 saturated carbocycles. The van der Waals surface area contributed by atoms with E-state index >= 15 is 0 Å². The Balaban J connectivity index is 0.000000114. The number of aromatic nitrogens is 24. The molecule has 658 valence electrons. The predicted molar refractivity (Wildman–Crippen MR) is 516 cm³/mol. The van der Waals surface area contributed by atoms with Gasteiger partial charge in [-0.15, -0.1) is 0 Å². The number of rotatable bonds is 17. The summed E-state index contributed by atoms with van der Waals surface area (Å²) in [5.41, 5.74) is 32.9. The quantitative estimate of drug-likeness (QED) is 0.0382. The molecule has 0 amide bonds. The number of H-pyrrole nitrogens is 4. The lowest BCUT2D eigenvalue weighted by Gasteiger charge is -2.33. The Morgan fingerprint density at radius 2 is 0.894 bits per heavy atom. The van der Waals surface area contributed by atoms with Gasteiger partial charge in [-0.2, -0.15) is 40.3 Å². The molecule has 15 heterocycles. The third-order valence-corrected chi connectivity index (χ3v) is 24.3. The molecule has 7 aromatic carbocycles. The van der Waals surface area contributed by atoms with Crippen LogP contribution in [0.5, 0.6) is 0 Å². The van der Waals surface area contributed by atoms with Gasteiger partial charge in [0.1, 0.15) is 46.7 Å². The lowest BCUT2D eigenvalue weighted by Crippen LogP contribution is -2.38. The first-order chi connectivity index (χ1) is 64.2. The molecule has 132 heavy (non-hydrogen) atoms. The second-order valence-corrected chi connectivity index (χ2v) is 32.9. The molecule has 0 radical (unpaired) electrons. The summed E-state index contributed by atoms with van der Waals surface area (Å²) in [6.07, 6.45) is 14.7. The predicted octanol–water partition coefficient (Wildman–Crippen LogP) is 15.4. The van der Waals surface area contributed by atoms with Gasteiger partial charge in [-0.1, -0.05) is 140 Å². The minimum absolute atomic E-state index is 0.0562. The van der Waals surface area contributed by atoms with Gasteiger partial charge in [0.15, 0.2) is 34.2 Å². The fraction of sp³-hybridized carbons (Fsp3) is 0.167. The van der Waals surface area contributed by atoms with E-state index in [9.17, 15) is 19.2 Å². The number of likely N-dealkylation sites (tertiary alicyclic amines) is 1. The number of nitrogens with one attached hydrogen (secondary N) is 6. The van der Waals surface area contributed by atoms with Crippen LogP contribution in [-0.4, -0.2) is 143 Å². The first-order valence-corrected chi connectivity index (χ1v) is 43.4. The van der Waals surface area contributed by atoms with Crippen molar-refractivity contribution in [2.75, 3.05) is 47.5 Å². The molecule has 0 bridgehead atoms. The highest BCUT2D eigenvalue weighted by Gasteiger charge is 2.29. The molecule has 12 N–H and O–H groups in total. The van der Waals surface area contributed by atoms with Crippen molar-refractivity contribution in [2.45, 2.75) is 85.6 Å². The zero-order chi connectivity index (χ0) is 91.1. The van der Waals surface area contributed by atoms with Crippen LogP contribution in [0.1, 0.15) is 91.2 Å². The number of nitrogen functional groups attached to an aromatic ring is 3. The van der Waals surface area contributed by atoms with Crippen LogP contribution in [0.2, 0.25) is 10.3 Å². The van der Waals surface area contributed by atoms with E-state index < -0.39 is 0 Å². The number of piperidine rings is 1. The number of benzene rings is 7. The maximum absolute atomic E-state index is 14.0. The highest BCUT2D eigenvalue weighted by atomic mass is 35.5. The molecule has 34 nitrogen and oxygen atoms in total. The van der Waals surface area contributed by atoms with Crippen LogP contribution < -0.4 is 50.1 Å². The van der Waals surface area contributed by atoms with Crippen LogP contribution in [0.15, 0.2) is 257 Å². The van der Waals surface area contributed by atoms with Crippen molar-refractivity contribution in [1.82, 2.24) is 123 Å². The average Bonchev–Trinajstić information content (AvgIpc) is 1.48. The Morgan fingerprint density at radius 1 is 0.462 bits per heavy atom. The van der Waals surface area contributed by atoms with E-state index in [0.717, 1.165) is 127 Å². The molecule has 36 heteroatoms. The third kappa shape index (κ3) is 16.2. The number of aryl methyl sites for hydroxylation is 3. The zero-order valence-corrected chi connectivity index (χ0v) is 73.7. The monoisotopic (exact) mass is 1790 g/mol. The number of imidazole rings is 2. The van der Waals surface area contributed by atoms with Crippen LogP contribution in [0.4, 0.5) is 29.2 Å². The number of nitrogens with two attached hydrogens (primary N) is 3. The topological polar surface area (TPSA) is 447 Å². The summed E-state index contributed by atoms with van der Waals surface area (Å²) in [6, 6.07) is 59.6. The molecule has 21 aromatic rings. The molecule has 14 aromatic heterocycles. The summed E-state index contributed by atoms with van der Waals surface area (Å²) in [6.45, 7) is 15.7. The van der Waals surface area contributed by atoms with Gasteiger partial charge in [-0.25, -0.2) is 39.3 Å². The summed E-state index contributed by atoms with van der Waals surface area (Å²) in [7, 11) is 0. The Kier molecular flexibility index (Phi) is 23.2. The van der Waals surface area contributed by atoms with Gasteiger partial charge in [0, 0.05) is 82.5 Å². The molecule has 1 saturated heterocycles. The fourth-order valence-corrected chi connectivity index (χ4v) is 18.0. The smallest absolute Gasteiger partial charge is 0.264 e. The fourth-order valence-electron chi connectivity index (χ4n) is 17.6. The standard InChI is InChI=1S/C26H29N9O.C25H20N8O.C23H21N7O.C22H16Cl2N6O/c1-3-33-9-7-19(8-10-33)35-20(11-17-6-4-5-16(2)21(17)26(35)36)14-34-25-22(24(27)28-15-29-25)23(32-34)18-12-30-31-13-18;1-15-6-5-7-16-10-19(33(25(34)20(15)16)18-8-3-2-4-9-18)13-32-24-21(23(26)27-14-28-24)22(31-32)17-11-29-30-12-17;1-13-7-6-8-15-11-17(30(22(31)18(13)15)16-9-4-3-5-10-16)14(2)27-21-19-20(26-12-25-19)28-23(24)29-21;1-12(27-20-18-19(26-11-25-18)28-22(24)29-20)16-10-13-6-5-9-15(23)17(13)21(31)30(16)14-7-3-2-4-8-14/h4-6,11-13,15,19H,3,7-10,14H2,1-2H3,(H,30,31)(H2,27,28,29);2-12,14H,13H2,1H3,(H,29,30)(H2,26,27,28);3-12,14H,1-2H3,(H4,24,25,26,27,28,29);2-12H,1H3,(H2,25,26,27,28,29)/t;;14-;12-/m..00/s1. The highest BCUT2D eigenvalue weighted by molar-refractivity contribution is 6.35. The van der Waals surface area contributed by atoms with Crippen LogP contribution in [0.25, 0.3) is 127 Å². The molecule has 0 aliphatic carbocycles. The first kappa shape index (κ1) is 85.0. The number of anilines is 5.